The first-order valence-electron chi connectivity index (χ1n) is 8.18. The van der Waals surface area contributed by atoms with Gasteiger partial charge in [-0.2, -0.15) is 0 Å². The molecule has 4 heteroatoms. The van der Waals surface area contributed by atoms with Crippen LogP contribution in [-0.2, 0) is 6.42 Å². The summed E-state index contributed by atoms with van der Waals surface area (Å²) >= 11 is 0. The summed E-state index contributed by atoms with van der Waals surface area (Å²) in [6, 6.07) is 13.6. The van der Waals surface area contributed by atoms with Crippen LogP contribution >= 0.6 is 0 Å². The monoisotopic (exact) mass is 327 g/mol. The van der Waals surface area contributed by atoms with Gasteiger partial charge < -0.3 is 14.4 Å². The zero-order valence-corrected chi connectivity index (χ0v) is 14.8. The lowest BCUT2D eigenvalue weighted by molar-refractivity contribution is 0.0827. The number of carbonyl (C=O) groups is 1. The largest absolute Gasteiger partial charge is 0.490 e. The predicted molar refractivity (Wildman–Crippen MR) is 96.0 cm³/mol. The lowest BCUT2D eigenvalue weighted by Crippen LogP contribution is -2.21. The molecular formula is C20H25NO3. The number of amides is 1. The van der Waals surface area contributed by atoms with Gasteiger partial charge in [0.25, 0.3) is 5.91 Å². The zero-order valence-electron chi connectivity index (χ0n) is 14.8. The molecule has 0 spiro atoms. The molecular weight excluding hydrogens is 302 g/mol. The molecule has 2 aromatic carbocycles. The molecule has 2 aromatic rings. The van der Waals surface area contributed by atoms with E-state index in [0.717, 1.165) is 17.7 Å². The number of carbonyl (C=O) groups excluding carboxylic acids is 1. The second kappa shape index (κ2) is 8.39. The molecule has 2 rings (SSSR count). The first kappa shape index (κ1) is 17.9. The maximum absolute atomic E-state index is 12.0. The first-order chi connectivity index (χ1) is 11.5. The van der Waals surface area contributed by atoms with Crippen molar-refractivity contribution in [3.8, 4) is 11.5 Å². The highest BCUT2D eigenvalue weighted by Gasteiger charge is 2.10. The number of hydrogen-bond donors (Lipinski definition) is 0. The Hall–Kier alpha value is -2.49. The molecule has 0 aliphatic rings. The van der Waals surface area contributed by atoms with E-state index in [0.29, 0.717) is 24.5 Å². The van der Waals surface area contributed by atoms with Crippen molar-refractivity contribution in [3.63, 3.8) is 0 Å². The van der Waals surface area contributed by atoms with Gasteiger partial charge in [0.1, 0.15) is 24.7 Å². The Morgan fingerprint density at radius 2 is 1.79 bits per heavy atom. The Balaban J connectivity index is 1.92. The minimum atomic E-state index is -0.0347. The Kier molecular flexibility index (Phi) is 6.24. The smallest absolute Gasteiger partial charge is 0.253 e. The predicted octanol–water partition coefficient (Wildman–Crippen LogP) is 3.72. The van der Waals surface area contributed by atoms with E-state index in [1.807, 2.05) is 37.3 Å². The molecule has 1 amide bonds. The summed E-state index contributed by atoms with van der Waals surface area (Å²) in [4.78, 5) is 13.6. The normalized spacial score (nSPS) is 10.3. The van der Waals surface area contributed by atoms with Crippen LogP contribution in [0, 0.1) is 6.92 Å². The maximum Gasteiger partial charge on any atom is 0.253 e. The standard InChI is InChI=1S/C20H25NO3/c1-5-16-7-6-8-18(13-16)23-11-12-24-19-14-17(10-9-15(19)2)20(22)21(3)4/h6-10,13-14H,5,11-12H2,1-4H3. The average Bonchev–Trinajstić information content (AvgIpc) is 2.59. The Morgan fingerprint density at radius 3 is 2.50 bits per heavy atom. The molecule has 0 unspecified atom stereocenters. The first-order valence-corrected chi connectivity index (χ1v) is 8.18. The van der Waals surface area contributed by atoms with Crippen molar-refractivity contribution in [2.45, 2.75) is 20.3 Å². The van der Waals surface area contributed by atoms with Crippen molar-refractivity contribution in [2.75, 3.05) is 27.3 Å². The Bertz CT molecular complexity index is 695. The molecule has 0 saturated carbocycles. The van der Waals surface area contributed by atoms with Gasteiger partial charge in [0.15, 0.2) is 0 Å². The molecule has 0 aromatic heterocycles. The molecule has 4 nitrogen and oxygen atoms in total. The maximum atomic E-state index is 12.0. The van der Waals surface area contributed by atoms with Crippen molar-refractivity contribution >= 4 is 5.91 Å². The van der Waals surface area contributed by atoms with Crippen LogP contribution in [-0.4, -0.2) is 38.1 Å². The minimum absolute atomic E-state index is 0.0347. The van der Waals surface area contributed by atoms with Gasteiger partial charge in [0.2, 0.25) is 0 Å². The lowest BCUT2D eigenvalue weighted by atomic mass is 10.1. The third-order valence-electron chi connectivity index (χ3n) is 3.76. The molecule has 0 fully saturated rings. The van der Waals surface area contributed by atoms with Gasteiger partial charge >= 0.3 is 0 Å². The summed E-state index contributed by atoms with van der Waals surface area (Å²) in [5, 5.41) is 0. The molecule has 0 N–H and O–H groups in total. The van der Waals surface area contributed by atoms with Crippen LogP contribution in [0.5, 0.6) is 11.5 Å². The van der Waals surface area contributed by atoms with E-state index >= 15 is 0 Å². The third-order valence-corrected chi connectivity index (χ3v) is 3.76. The second-order valence-corrected chi connectivity index (χ2v) is 5.88. The molecule has 0 saturated heterocycles. The minimum Gasteiger partial charge on any atom is -0.490 e. The van der Waals surface area contributed by atoms with Gasteiger partial charge in [-0.1, -0.05) is 25.1 Å². The number of nitrogens with zero attached hydrogens (tertiary/aromatic N) is 1. The van der Waals surface area contributed by atoms with Gasteiger partial charge in [-0.05, 0) is 48.7 Å². The molecule has 24 heavy (non-hydrogen) atoms. The van der Waals surface area contributed by atoms with Gasteiger partial charge in [0.05, 0.1) is 0 Å². The molecule has 0 atom stereocenters. The Morgan fingerprint density at radius 1 is 1.04 bits per heavy atom. The van der Waals surface area contributed by atoms with E-state index in [9.17, 15) is 4.79 Å². The highest BCUT2D eigenvalue weighted by Crippen LogP contribution is 2.20. The van der Waals surface area contributed by atoms with Crippen molar-refractivity contribution in [1.82, 2.24) is 4.90 Å². The van der Waals surface area contributed by atoms with Crippen LogP contribution in [0.2, 0.25) is 0 Å². The summed E-state index contributed by atoms with van der Waals surface area (Å²) < 4.78 is 11.5. The molecule has 0 aliphatic heterocycles. The number of benzene rings is 2. The number of rotatable bonds is 7. The van der Waals surface area contributed by atoms with Gasteiger partial charge in [-0.3, -0.25) is 4.79 Å². The fourth-order valence-electron chi connectivity index (χ4n) is 2.31. The third kappa shape index (κ3) is 4.75. The summed E-state index contributed by atoms with van der Waals surface area (Å²) in [6.45, 7) is 4.97. The highest BCUT2D eigenvalue weighted by molar-refractivity contribution is 5.94. The van der Waals surface area contributed by atoms with E-state index < -0.39 is 0 Å². The molecule has 0 bridgehead atoms. The van der Waals surface area contributed by atoms with Gasteiger partial charge in [0, 0.05) is 19.7 Å². The van der Waals surface area contributed by atoms with E-state index in [2.05, 4.69) is 13.0 Å². The summed E-state index contributed by atoms with van der Waals surface area (Å²) in [6.07, 6.45) is 0.986. The van der Waals surface area contributed by atoms with Crippen LogP contribution in [0.25, 0.3) is 0 Å². The van der Waals surface area contributed by atoms with E-state index in [-0.39, 0.29) is 5.91 Å². The van der Waals surface area contributed by atoms with E-state index in [1.54, 1.807) is 25.1 Å². The summed E-state index contributed by atoms with van der Waals surface area (Å²) in [5.41, 5.74) is 2.87. The number of ether oxygens (including phenoxy) is 2. The molecule has 0 aliphatic carbocycles. The topological polar surface area (TPSA) is 38.8 Å². The van der Waals surface area contributed by atoms with Crippen molar-refractivity contribution in [3.05, 3.63) is 59.2 Å². The molecule has 0 radical (unpaired) electrons. The van der Waals surface area contributed by atoms with E-state index in [1.165, 1.54) is 5.56 Å². The van der Waals surface area contributed by atoms with Gasteiger partial charge in [-0.15, -0.1) is 0 Å². The lowest BCUT2D eigenvalue weighted by Gasteiger charge is -2.14. The Labute approximate surface area is 144 Å². The fourth-order valence-corrected chi connectivity index (χ4v) is 2.31. The van der Waals surface area contributed by atoms with Crippen LogP contribution in [0.15, 0.2) is 42.5 Å². The van der Waals surface area contributed by atoms with E-state index in [4.69, 9.17) is 9.47 Å². The second-order valence-electron chi connectivity index (χ2n) is 5.88. The summed E-state index contributed by atoms with van der Waals surface area (Å²) in [7, 11) is 3.47. The molecule has 0 heterocycles. The number of aryl methyl sites for hydroxylation is 2. The van der Waals surface area contributed by atoms with Gasteiger partial charge in [-0.25, -0.2) is 0 Å². The zero-order chi connectivity index (χ0) is 17.5. The molecule has 128 valence electrons. The van der Waals surface area contributed by atoms with Crippen LogP contribution in [0.1, 0.15) is 28.4 Å². The van der Waals surface area contributed by atoms with Crippen LogP contribution in [0.3, 0.4) is 0 Å². The van der Waals surface area contributed by atoms with Crippen LogP contribution in [0.4, 0.5) is 0 Å². The van der Waals surface area contributed by atoms with Crippen molar-refractivity contribution in [1.29, 1.82) is 0 Å². The van der Waals surface area contributed by atoms with Crippen LogP contribution < -0.4 is 9.47 Å². The average molecular weight is 327 g/mol. The SMILES string of the molecule is CCc1cccc(OCCOc2cc(C(=O)N(C)C)ccc2C)c1. The number of hydrogen-bond acceptors (Lipinski definition) is 3. The fraction of sp³-hybridized carbons (Fsp3) is 0.350. The highest BCUT2D eigenvalue weighted by atomic mass is 16.5. The van der Waals surface area contributed by atoms with Crippen molar-refractivity contribution in [2.24, 2.45) is 0 Å². The quantitative estimate of drug-likeness (QED) is 0.728. The van der Waals surface area contributed by atoms with Crippen molar-refractivity contribution < 1.29 is 14.3 Å². The summed E-state index contributed by atoms with van der Waals surface area (Å²) in [5.74, 6) is 1.53.